The zero-order chi connectivity index (χ0) is 25.3. The number of unbranched alkanes of at least 4 members (excludes halogenated alkanes) is 2. The van der Waals surface area contributed by atoms with Gasteiger partial charge in [0.05, 0.1) is 0 Å². The van der Waals surface area contributed by atoms with Crippen molar-refractivity contribution in [2.75, 3.05) is 11.4 Å². The van der Waals surface area contributed by atoms with E-state index in [-0.39, 0.29) is 19.3 Å². The van der Waals surface area contributed by atoms with Gasteiger partial charge in [-0.05, 0) is 0 Å². The average Bonchev–Trinajstić information content (AvgIpc) is 3.38. The van der Waals surface area contributed by atoms with Crippen LogP contribution in [0, 0.1) is 0 Å². The van der Waals surface area contributed by atoms with E-state index in [0.717, 1.165) is 24.3 Å². The molecule has 1 fully saturated rings. The second-order valence-electron chi connectivity index (χ2n) is 8.13. The molecule has 2 aliphatic rings. The fourth-order valence-electron chi connectivity index (χ4n) is 3.76. The Hall–Kier alpha value is -3.71. The fourth-order valence-corrected chi connectivity index (χ4v) is 3.97. The molecule has 0 saturated carbocycles. The SMILES string of the molecule is O=C(CCCCCN1/C(=C\C=C\[C](=[Ni])Oc2ccccc2)Oc2ccccc21)ON1C(=O)CCC1=O. The van der Waals surface area contributed by atoms with Crippen molar-refractivity contribution in [3.05, 3.63) is 78.7 Å². The topological polar surface area (TPSA) is 85.4 Å². The van der Waals surface area contributed by atoms with Crippen LogP contribution in [0.5, 0.6) is 11.5 Å². The van der Waals surface area contributed by atoms with E-state index in [9.17, 15) is 14.4 Å². The van der Waals surface area contributed by atoms with Crippen molar-refractivity contribution in [1.29, 1.82) is 0 Å². The first-order valence-electron chi connectivity index (χ1n) is 11.7. The Morgan fingerprint density at radius 3 is 2.47 bits per heavy atom. The van der Waals surface area contributed by atoms with Crippen LogP contribution in [-0.2, 0) is 34.3 Å². The molecule has 0 atom stereocenters. The number of benzene rings is 2. The van der Waals surface area contributed by atoms with Crippen LogP contribution in [0.2, 0.25) is 0 Å². The molecule has 0 bridgehead atoms. The maximum absolute atomic E-state index is 12.0. The van der Waals surface area contributed by atoms with Crippen molar-refractivity contribution < 1.29 is 43.7 Å². The number of ether oxygens (including phenoxy) is 2. The van der Waals surface area contributed by atoms with Gasteiger partial charge < -0.3 is 4.84 Å². The van der Waals surface area contributed by atoms with Gasteiger partial charge in [0.15, 0.2) is 0 Å². The number of hydroxylamine groups is 2. The van der Waals surface area contributed by atoms with E-state index in [0.29, 0.717) is 34.3 Å². The number of nitrogens with zero attached hydrogens (tertiary/aromatic N) is 2. The molecule has 0 aliphatic carbocycles. The summed E-state index contributed by atoms with van der Waals surface area (Å²) in [5, 5.41) is 0.586. The summed E-state index contributed by atoms with van der Waals surface area (Å²) in [7, 11) is 0. The molecule has 8 nitrogen and oxygen atoms in total. The Labute approximate surface area is 217 Å². The molecule has 2 aromatic rings. The summed E-state index contributed by atoms with van der Waals surface area (Å²) in [4.78, 5) is 42.1. The Morgan fingerprint density at radius 2 is 1.69 bits per heavy atom. The van der Waals surface area contributed by atoms with E-state index in [4.69, 9.17) is 29.3 Å². The number of allylic oxidation sites excluding steroid dienone is 2. The van der Waals surface area contributed by atoms with E-state index in [2.05, 4.69) is 4.90 Å². The quantitative estimate of drug-likeness (QED) is 0.243. The van der Waals surface area contributed by atoms with E-state index in [1.165, 1.54) is 0 Å². The largest absolute Gasteiger partial charge is 0.330 e. The number of amides is 2. The summed E-state index contributed by atoms with van der Waals surface area (Å²) < 4.78 is 12.0. The van der Waals surface area contributed by atoms with Gasteiger partial charge in [-0.2, -0.15) is 0 Å². The summed E-state index contributed by atoms with van der Waals surface area (Å²) in [5.41, 5.74) is 0.966. The van der Waals surface area contributed by atoms with Crippen molar-refractivity contribution in [3.8, 4) is 11.5 Å². The number of fused-ring (bicyclic) bond motifs is 1. The van der Waals surface area contributed by atoms with Crippen LogP contribution < -0.4 is 14.4 Å². The first-order chi connectivity index (χ1) is 17.5. The first kappa shape index (κ1) is 25.4. The van der Waals surface area contributed by atoms with Gasteiger partial charge in [0.2, 0.25) is 0 Å². The van der Waals surface area contributed by atoms with Crippen LogP contribution in [0.4, 0.5) is 5.69 Å². The molecule has 0 radical (unpaired) electrons. The number of para-hydroxylation sites is 3. The molecule has 0 spiro atoms. The summed E-state index contributed by atoms with van der Waals surface area (Å²) in [5.74, 6) is 0.612. The number of hydrogen-bond acceptors (Lipinski definition) is 7. The van der Waals surface area contributed by atoms with Crippen molar-refractivity contribution in [1.82, 2.24) is 5.06 Å². The second kappa shape index (κ2) is 12.3. The summed E-state index contributed by atoms with van der Waals surface area (Å²) in [6, 6.07) is 17.1. The maximum atomic E-state index is 12.0. The van der Waals surface area contributed by atoms with Gasteiger partial charge in [-0.25, -0.2) is 4.79 Å². The molecule has 0 aromatic heterocycles. The predicted octanol–water partition coefficient (Wildman–Crippen LogP) is 4.21. The van der Waals surface area contributed by atoms with Gasteiger partial charge >= 0.3 is 168 Å². The maximum Gasteiger partial charge on any atom is 0.264 e. The minimum atomic E-state index is -0.575. The number of rotatable bonds is 11. The number of hydrogen-bond donors (Lipinski definition) is 0. The molecule has 190 valence electrons. The first-order valence-corrected chi connectivity index (χ1v) is 12.2. The Bertz CT molecular complexity index is 1180. The minimum Gasteiger partial charge on any atom is -0.330 e. The molecular formula is C27H26N2NiO6. The van der Waals surface area contributed by atoms with Crippen LogP contribution >= 0.6 is 0 Å². The summed E-state index contributed by atoms with van der Waals surface area (Å²) >= 11 is 4.94. The van der Waals surface area contributed by atoms with E-state index in [1.807, 2.05) is 60.7 Å². The van der Waals surface area contributed by atoms with Crippen molar-refractivity contribution in [2.24, 2.45) is 0 Å². The molecule has 1 saturated heterocycles. The average molecular weight is 533 g/mol. The second-order valence-corrected chi connectivity index (χ2v) is 8.62. The third-order valence-corrected chi connectivity index (χ3v) is 5.77. The van der Waals surface area contributed by atoms with Crippen LogP contribution in [0.25, 0.3) is 0 Å². The van der Waals surface area contributed by atoms with Gasteiger partial charge in [-0.3, -0.25) is 9.59 Å². The van der Waals surface area contributed by atoms with Gasteiger partial charge in [0, 0.05) is 12.8 Å². The molecule has 0 unspecified atom stereocenters. The molecule has 2 aliphatic heterocycles. The van der Waals surface area contributed by atoms with E-state index < -0.39 is 17.8 Å². The fraction of sp³-hybridized carbons (Fsp3) is 0.259. The van der Waals surface area contributed by atoms with Crippen molar-refractivity contribution in [3.63, 3.8) is 0 Å². The normalized spacial score (nSPS) is 16.0. The van der Waals surface area contributed by atoms with E-state index >= 15 is 0 Å². The standard InChI is InChI=1S/C27H26N2O6.Ni/c30-24-17-18-25(31)29(24)35-27(32)16-5-2-9-19-28-22-13-6-7-14-23(22)34-26(28)15-8-10-20-33-21-11-3-1-4-12-21;/h1,3-4,6-8,10-15H,2,5,9,16-19H2;/b10-8+,26-15+;. The number of anilines is 1. The smallest absolute Gasteiger partial charge is 0.264 e. The molecule has 2 heterocycles. The van der Waals surface area contributed by atoms with Crippen LogP contribution in [-0.4, -0.2) is 34.1 Å². The van der Waals surface area contributed by atoms with Crippen LogP contribution in [0.3, 0.4) is 0 Å². The van der Waals surface area contributed by atoms with Crippen LogP contribution in [0.15, 0.2) is 78.7 Å². The molecule has 0 N–H and O–H groups in total. The molecular weight excluding hydrogens is 507 g/mol. The Balaban J connectivity index is 1.27. The Kier molecular flexibility index (Phi) is 8.68. The number of carbonyl (C=O) groups is 3. The zero-order valence-electron chi connectivity index (χ0n) is 19.5. The molecule has 2 aromatic carbocycles. The van der Waals surface area contributed by atoms with Crippen molar-refractivity contribution in [2.45, 2.75) is 38.5 Å². The third-order valence-electron chi connectivity index (χ3n) is 5.51. The zero-order valence-corrected chi connectivity index (χ0v) is 20.5. The molecule has 9 heteroatoms. The van der Waals surface area contributed by atoms with Gasteiger partial charge in [0.25, 0.3) is 11.8 Å². The molecule has 36 heavy (non-hydrogen) atoms. The molecule has 4 rings (SSSR count). The molecule has 2 amide bonds. The van der Waals surface area contributed by atoms with Crippen LogP contribution in [0.1, 0.15) is 38.5 Å². The van der Waals surface area contributed by atoms with Gasteiger partial charge in [0.1, 0.15) is 0 Å². The van der Waals surface area contributed by atoms with Gasteiger partial charge in [-0.1, -0.05) is 0 Å². The van der Waals surface area contributed by atoms with E-state index in [1.54, 1.807) is 12.2 Å². The summed E-state index contributed by atoms with van der Waals surface area (Å²) in [6.45, 7) is 0.683. The predicted molar refractivity (Wildman–Crippen MR) is 129 cm³/mol. The summed E-state index contributed by atoms with van der Waals surface area (Å²) in [6.07, 6.45) is 7.80. The Morgan fingerprint density at radius 1 is 0.972 bits per heavy atom. The number of carbonyl (C=O) groups excluding carboxylic acids is 3. The third kappa shape index (κ3) is 6.70. The number of imide groups is 1. The van der Waals surface area contributed by atoms with Crippen molar-refractivity contribution >= 4 is 28.1 Å². The monoisotopic (exact) mass is 532 g/mol. The van der Waals surface area contributed by atoms with Gasteiger partial charge in [-0.15, -0.1) is 5.06 Å². The minimum absolute atomic E-state index is 0.0863.